The summed E-state index contributed by atoms with van der Waals surface area (Å²) in [5.74, 6) is -1.21. The fraction of sp³-hybridized carbons (Fsp3) is 0.208. The molecule has 4 aromatic rings. The van der Waals surface area contributed by atoms with E-state index in [1.54, 1.807) is 9.58 Å². The lowest BCUT2D eigenvalue weighted by atomic mass is 10.1. The maximum atomic E-state index is 15.2. The summed E-state index contributed by atoms with van der Waals surface area (Å²) in [5, 5.41) is 5.04. The van der Waals surface area contributed by atoms with Gasteiger partial charge in [-0.25, -0.2) is 19.0 Å². The number of nitrogens with two attached hydrogens (primary N) is 1. The van der Waals surface area contributed by atoms with Crippen LogP contribution in [0.2, 0.25) is 0 Å². The van der Waals surface area contributed by atoms with Crippen molar-refractivity contribution in [3.63, 3.8) is 0 Å². The van der Waals surface area contributed by atoms with Crippen LogP contribution < -0.4 is 10.5 Å². The zero-order valence-corrected chi connectivity index (χ0v) is 18.6. The van der Waals surface area contributed by atoms with Crippen molar-refractivity contribution in [3.05, 3.63) is 67.1 Å². The molecule has 1 fully saturated rings. The maximum Gasteiger partial charge on any atom is 0.246 e. The number of pyridine rings is 1. The van der Waals surface area contributed by atoms with E-state index in [-0.39, 0.29) is 40.7 Å². The first kappa shape index (κ1) is 22.4. The lowest BCUT2D eigenvalue weighted by Crippen LogP contribution is -2.40. The number of hydrogen-bond acceptors (Lipinski definition) is 7. The smallest absolute Gasteiger partial charge is 0.246 e. The molecule has 35 heavy (non-hydrogen) atoms. The topological polar surface area (TPSA) is 112 Å². The van der Waals surface area contributed by atoms with Gasteiger partial charge in [0.05, 0.1) is 17.0 Å². The van der Waals surface area contributed by atoms with E-state index >= 15 is 4.39 Å². The van der Waals surface area contributed by atoms with Crippen LogP contribution in [0.25, 0.3) is 22.3 Å². The van der Waals surface area contributed by atoms with Gasteiger partial charge in [0.1, 0.15) is 29.4 Å². The van der Waals surface area contributed by atoms with Crippen molar-refractivity contribution in [2.45, 2.75) is 18.9 Å². The Kier molecular flexibility index (Phi) is 5.81. The molecule has 0 bridgehead atoms. The molecule has 178 valence electrons. The number of aromatic nitrogens is 5. The van der Waals surface area contributed by atoms with Gasteiger partial charge in [-0.15, -0.1) is 0 Å². The number of anilines is 1. The summed E-state index contributed by atoms with van der Waals surface area (Å²) in [7, 11) is 0. The molecule has 1 unspecified atom stereocenters. The number of piperidine rings is 1. The Labute approximate surface area is 198 Å². The van der Waals surface area contributed by atoms with Crippen LogP contribution in [0.1, 0.15) is 18.9 Å². The van der Waals surface area contributed by atoms with Crippen LogP contribution in [0.5, 0.6) is 11.6 Å². The van der Waals surface area contributed by atoms with Crippen molar-refractivity contribution in [2.24, 2.45) is 0 Å². The van der Waals surface area contributed by atoms with Crippen LogP contribution in [0, 0.1) is 11.8 Å². The van der Waals surface area contributed by atoms with Gasteiger partial charge in [-0.2, -0.15) is 14.5 Å². The fourth-order valence-corrected chi connectivity index (χ4v) is 4.22. The second-order valence-electron chi connectivity index (χ2n) is 8.08. The highest BCUT2D eigenvalue weighted by molar-refractivity contribution is 5.98. The molecule has 1 saturated heterocycles. The third-order valence-electron chi connectivity index (χ3n) is 5.84. The monoisotopic (exact) mass is 477 g/mol. The van der Waals surface area contributed by atoms with E-state index in [0.717, 1.165) is 12.8 Å². The second kappa shape index (κ2) is 9.09. The first-order chi connectivity index (χ1) is 16.9. The van der Waals surface area contributed by atoms with Crippen LogP contribution >= 0.6 is 0 Å². The molecule has 11 heteroatoms. The lowest BCUT2D eigenvalue weighted by Gasteiger charge is -2.32. The number of ether oxygens (including phenoxy) is 1. The summed E-state index contributed by atoms with van der Waals surface area (Å²) in [6.45, 7) is 4.59. The van der Waals surface area contributed by atoms with Gasteiger partial charge < -0.3 is 15.4 Å². The van der Waals surface area contributed by atoms with Gasteiger partial charge in [0.2, 0.25) is 17.7 Å². The number of amides is 1. The average molecular weight is 477 g/mol. The van der Waals surface area contributed by atoms with Crippen molar-refractivity contribution in [1.82, 2.24) is 29.6 Å². The van der Waals surface area contributed by atoms with Gasteiger partial charge in [0.15, 0.2) is 5.65 Å². The molecule has 1 aliphatic rings. The van der Waals surface area contributed by atoms with E-state index in [9.17, 15) is 9.18 Å². The minimum atomic E-state index is -0.846. The Balaban J connectivity index is 1.53. The summed E-state index contributed by atoms with van der Waals surface area (Å²) >= 11 is 0. The number of carbonyl (C=O) groups excluding carboxylic acids is 1. The minimum Gasteiger partial charge on any atom is -0.439 e. The van der Waals surface area contributed by atoms with Gasteiger partial charge in [0.25, 0.3) is 0 Å². The molecule has 1 amide bonds. The standard InChI is InChI=1S/C24H21F2N7O2/c1-2-19(34)32-10-4-6-15(12-32)33-24-20(23(27)28-13-29-24)21(31-33)17-8-9-18(30-22(17)26)35-16-7-3-5-14(25)11-16/h2-3,5,7-9,11,13,15H,1,4,6,10,12H2,(H2,27,28,29). The van der Waals surface area contributed by atoms with Gasteiger partial charge in [-0.3, -0.25) is 4.79 Å². The quantitative estimate of drug-likeness (QED) is 0.343. The highest BCUT2D eigenvalue weighted by Gasteiger charge is 2.29. The number of nitrogens with zero attached hydrogens (tertiary/aromatic N) is 6. The Morgan fingerprint density at radius 3 is 2.86 bits per heavy atom. The summed E-state index contributed by atoms with van der Waals surface area (Å²) in [4.78, 5) is 26.1. The molecule has 3 aromatic heterocycles. The minimum absolute atomic E-state index is 0.0457. The molecule has 1 aromatic carbocycles. The zero-order chi connectivity index (χ0) is 24.5. The number of fused-ring (bicyclic) bond motifs is 1. The molecule has 9 nitrogen and oxygen atoms in total. The van der Waals surface area contributed by atoms with E-state index in [1.807, 2.05) is 0 Å². The highest BCUT2D eigenvalue weighted by Crippen LogP contribution is 2.35. The van der Waals surface area contributed by atoms with Crippen LogP contribution in [0.4, 0.5) is 14.6 Å². The third kappa shape index (κ3) is 4.27. The maximum absolute atomic E-state index is 15.2. The fourth-order valence-electron chi connectivity index (χ4n) is 4.22. The average Bonchev–Trinajstić information content (AvgIpc) is 3.24. The Hall–Kier alpha value is -4.41. The number of nitrogen functional groups attached to an aromatic ring is 1. The molecular formula is C24H21F2N7O2. The predicted octanol–water partition coefficient (Wildman–Crippen LogP) is 3.89. The summed E-state index contributed by atoms with van der Waals surface area (Å²) in [5.41, 5.74) is 6.89. The molecule has 1 atom stereocenters. The summed E-state index contributed by atoms with van der Waals surface area (Å²) in [6.07, 6.45) is 4.12. The molecule has 0 saturated carbocycles. The third-order valence-corrected chi connectivity index (χ3v) is 5.84. The molecule has 0 aliphatic carbocycles. The first-order valence-electron chi connectivity index (χ1n) is 10.9. The largest absolute Gasteiger partial charge is 0.439 e. The van der Waals surface area contributed by atoms with Crippen LogP contribution in [0.15, 0.2) is 55.4 Å². The number of hydrogen-bond donors (Lipinski definition) is 1. The van der Waals surface area contributed by atoms with Crippen LogP contribution in [0.3, 0.4) is 0 Å². The number of benzene rings is 1. The van der Waals surface area contributed by atoms with Crippen LogP contribution in [-0.4, -0.2) is 48.6 Å². The van der Waals surface area contributed by atoms with Gasteiger partial charge in [0, 0.05) is 25.2 Å². The Morgan fingerprint density at radius 1 is 1.23 bits per heavy atom. The van der Waals surface area contributed by atoms with Crippen molar-refractivity contribution >= 4 is 22.8 Å². The van der Waals surface area contributed by atoms with Crippen molar-refractivity contribution < 1.29 is 18.3 Å². The first-order valence-corrected chi connectivity index (χ1v) is 10.9. The summed E-state index contributed by atoms with van der Waals surface area (Å²) < 4.78 is 35.8. The predicted molar refractivity (Wildman–Crippen MR) is 124 cm³/mol. The molecule has 5 rings (SSSR count). The second-order valence-corrected chi connectivity index (χ2v) is 8.08. The number of likely N-dealkylation sites (tertiary alicyclic amines) is 1. The zero-order valence-electron chi connectivity index (χ0n) is 18.6. The molecule has 0 spiro atoms. The number of carbonyl (C=O) groups is 1. The highest BCUT2D eigenvalue weighted by atomic mass is 19.1. The van der Waals surface area contributed by atoms with Crippen molar-refractivity contribution in [1.29, 1.82) is 0 Å². The Morgan fingerprint density at radius 2 is 2.09 bits per heavy atom. The molecule has 0 radical (unpaired) electrons. The van der Waals surface area contributed by atoms with Gasteiger partial charge in [-0.1, -0.05) is 12.6 Å². The Bertz CT molecular complexity index is 1440. The molecule has 1 aliphatic heterocycles. The molecule has 4 heterocycles. The van der Waals surface area contributed by atoms with Crippen LogP contribution in [-0.2, 0) is 4.79 Å². The summed E-state index contributed by atoms with van der Waals surface area (Å²) in [6, 6.07) is 8.19. The van der Waals surface area contributed by atoms with E-state index in [4.69, 9.17) is 10.5 Å². The molecule has 2 N–H and O–H groups in total. The number of rotatable bonds is 5. The van der Waals surface area contributed by atoms with E-state index in [0.29, 0.717) is 24.1 Å². The van der Waals surface area contributed by atoms with Crippen molar-refractivity contribution in [2.75, 3.05) is 18.8 Å². The molecular weight excluding hydrogens is 456 g/mol. The van der Waals surface area contributed by atoms with E-state index in [1.165, 1.54) is 48.8 Å². The van der Waals surface area contributed by atoms with Gasteiger partial charge in [-0.05, 0) is 37.1 Å². The number of halogens is 2. The normalized spacial score (nSPS) is 15.8. The van der Waals surface area contributed by atoms with E-state index < -0.39 is 11.8 Å². The van der Waals surface area contributed by atoms with E-state index in [2.05, 4.69) is 26.6 Å². The lowest BCUT2D eigenvalue weighted by molar-refractivity contribution is -0.127. The van der Waals surface area contributed by atoms with Gasteiger partial charge >= 0.3 is 0 Å². The SMILES string of the molecule is C=CC(=O)N1CCCC(n2nc(-c3ccc(Oc4cccc(F)c4)nc3F)c3c(N)ncnc32)C1. The van der Waals surface area contributed by atoms with Crippen molar-refractivity contribution in [3.8, 4) is 22.9 Å².